The Balaban J connectivity index is 1.56. The smallest absolute Gasteiger partial charge is 0.312 e. The molecule has 2 fully saturated rings. The Labute approximate surface area is 143 Å². The van der Waals surface area contributed by atoms with E-state index in [1.807, 2.05) is 0 Å². The van der Waals surface area contributed by atoms with E-state index in [0.717, 1.165) is 45.4 Å². The van der Waals surface area contributed by atoms with Crippen LogP contribution in [0, 0.1) is 5.41 Å². The topological polar surface area (TPSA) is 41.6 Å². The monoisotopic (exact) mass is 334 g/mol. The minimum Gasteiger partial charge on any atom is -0.461 e. The van der Waals surface area contributed by atoms with E-state index in [0.29, 0.717) is 0 Å². The second-order valence-electron chi connectivity index (χ2n) is 6.81. The van der Waals surface area contributed by atoms with Crippen LogP contribution in [0.5, 0.6) is 0 Å². The highest BCUT2D eigenvalue weighted by atomic mass is 32.2. The molecule has 0 aromatic heterocycles. The van der Waals surface area contributed by atoms with E-state index in [1.165, 1.54) is 10.5 Å². The molecule has 2 aliphatic heterocycles. The minimum atomic E-state index is -0.213. The van der Waals surface area contributed by atoms with Crippen molar-refractivity contribution in [3.63, 3.8) is 0 Å². The van der Waals surface area contributed by atoms with Crippen molar-refractivity contribution in [1.82, 2.24) is 10.2 Å². The van der Waals surface area contributed by atoms with Crippen molar-refractivity contribution in [3.05, 3.63) is 29.8 Å². The molecule has 1 unspecified atom stereocenters. The molecule has 2 saturated heterocycles. The first-order chi connectivity index (χ1) is 11.1. The summed E-state index contributed by atoms with van der Waals surface area (Å²) in [7, 11) is 2.10. The van der Waals surface area contributed by atoms with Gasteiger partial charge in [-0.1, -0.05) is 12.1 Å². The molecule has 2 aliphatic rings. The molecule has 23 heavy (non-hydrogen) atoms. The van der Waals surface area contributed by atoms with Crippen LogP contribution in [0.4, 0.5) is 0 Å². The van der Waals surface area contributed by atoms with Crippen LogP contribution in [0.3, 0.4) is 0 Å². The molecule has 126 valence electrons. The quantitative estimate of drug-likeness (QED) is 0.662. The maximum absolute atomic E-state index is 12.3. The lowest BCUT2D eigenvalue weighted by atomic mass is 9.76. The summed E-state index contributed by atoms with van der Waals surface area (Å²) < 4.78 is 5.70. The van der Waals surface area contributed by atoms with Crippen LogP contribution < -0.4 is 5.32 Å². The molecule has 1 spiro atoms. The number of hydrogen-bond acceptors (Lipinski definition) is 5. The summed E-state index contributed by atoms with van der Waals surface area (Å²) >= 11 is 1.76. The van der Waals surface area contributed by atoms with Crippen molar-refractivity contribution in [2.75, 3.05) is 32.9 Å². The molecule has 4 nitrogen and oxygen atoms in total. The zero-order valence-electron chi connectivity index (χ0n) is 14.0. The fraction of sp³-hybridized carbons (Fsp3) is 0.611. The summed E-state index contributed by atoms with van der Waals surface area (Å²) in [6, 6.07) is 8.63. The summed E-state index contributed by atoms with van der Waals surface area (Å²) in [5.41, 5.74) is 1.09. The number of piperidine rings is 1. The number of nitrogens with zero attached hydrogens (tertiary/aromatic N) is 1. The van der Waals surface area contributed by atoms with Crippen molar-refractivity contribution >= 4 is 17.7 Å². The van der Waals surface area contributed by atoms with Crippen LogP contribution in [-0.4, -0.2) is 49.9 Å². The van der Waals surface area contributed by atoms with Gasteiger partial charge in [0.05, 0.1) is 5.41 Å². The largest absolute Gasteiger partial charge is 0.461 e. The van der Waals surface area contributed by atoms with Gasteiger partial charge in [-0.05, 0) is 56.9 Å². The third kappa shape index (κ3) is 3.90. The molecule has 2 heterocycles. The van der Waals surface area contributed by atoms with E-state index >= 15 is 0 Å². The van der Waals surface area contributed by atoms with Crippen LogP contribution in [0.2, 0.25) is 0 Å². The highest BCUT2D eigenvalue weighted by Crippen LogP contribution is 2.41. The fourth-order valence-corrected chi connectivity index (χ4v) is 4.23. The second kappa shape index (κ2) is 7.24. The van der Waals surface area contributed by atoms with Crippen molar-refractivity contribution in [3.8, 4) is 0 Å². The zero-order valence-corrected chi connectivity index (χ0v) is 14.8. The molecule has 0 amide bonds. The van der Waals surface area contributed by atoms with Gasteiger partial charge in [-0.2, -0.15) is 0 Å². The number of ether oxygens (including phenoxy) is 1. The van der Waals surface area contributed by atoms with Gasteiger partial charge in [0.25, 0.3) is 0 Å². The van der Waals surface area contributed by atoms with Crippen molar-refractivity contribution < 1.29 is 9.53 Å². The number of cyclic esters (lactones) is 1. The molecular weight excluding hydrogens is 308 g/mol. The average molecular weight is 334 g/mol. The molecule has 3 rings (SSSR count). The number of carbonyl (C=O) groups excluding carboxylic acids is 1. The minimum absolute atomic E-state index is 0.0294. The SMILES string of the molecule is CSc1cccc(CN(C)CC2CC3(CCNCC3)C(=O)O2)c1. The number of benzene rings is 1. The summed E-state index contributed by atoms with van der Waals surface area (Å²) in [5, 5.41) is 3.34. The number of carbonyl (C=O) groups is 1. The normalized spacial score (nSPS) is 23.4. The number of hydrogen-bond donors (Lipinski definition) is 1. The van der Waals surface area contributed by atoms with E-state index in [4.69, 9.17) is 4.74 Å². The third-order valence-electron chi connectivity index (χ3n) is 4.99. The van der Waals surface area contributed by atoms with Crippen LogP contribution in [0.25, 0.3) is 0 Å². The summed E-state index contributed by atoms with van der Waals surface area (Å²) in [6.07, 6.45) is 4.85. The van der Waals surface area contributed by atoms with E-state index < -0.39 is 0 Å². The lowest BCUT2D eigenvalue weighted by Crippen LogP contribution is -2.39. The average Bonchev–Trinajstić information content (AvgIpc) is 2.83. The van der Waals surface area contributed by atoms with Gasteiger partial charge in [-0.3, -0.25) is 9.69 Å². The fourth-order valence-electron chi connectivity index (χ4n) is 3.75. The molecule has 5 heteroatoms. The van der Waals surface area contributed by atoms with E-state index in [9.17, 15) is 4.79 Å². The summed E-state index contributed by atoms with van der Waals surface area (Å²) in [4.78, 5) is 15.9. The maximum atomic E-state index is 12.3. The van der Waals surface area contributed by atoms with Gasteiger partial charge in [0.1, 0.15) is 6.10 Å². The molecule has 0 bridgehead atoms. The van der Waals surface area contributed by atoms with Gasteiger partial charge >= 0.3 is 5.97 Å². The van der Waals surface area contributed by atoms with Crippen LogP contribution in [0.1, 0.15) is 24.8 Å². The Hall–Kier alpha value is -1.04. The highest BCUT2D eigenvalue weighted by Gasteiger charge is 2.49. The van der Waals surface area contributed by atoms with Crippen molar-refractivity contribution in [2.45, 2.75) is 36.8 Å². The highest BCUT2D eigenvalue weighted by molar-refractivity contribution is 7.98. The Kier molecular flexibility index (Phi) is 5.29. The number of thioether (sulfide) groups is 1. The van der Waals surface area contributed by atoms with Gasteiger partial charge in [0.2, 0.25) is 0 Å². The molecule has 0 saturated carbocycles. The Morgan fingerprint density at radius 1 is 1.39 bits per heavy atom. The first-order valence-corrected chi connectivity index (χ1v) is 9.57. The van der Waals surface area contributed by atoms with Gasteiger partial charge in [-0.15, -0.1) is 11.8 Å². The number of likely N-dealkylation sites (N-methyl/N-ethyl adjacent to an activating group) is 1. The van der Waals surface area contributed by atoms with E-state index in [-0.39, 0.29) is 17.5 Å². The molecule has 1 aromatic carbocycles. The second-order valence-corrected chi connectivity index (χ2v) is 7.69. The van der Waals surface area contributed by atoms with Crippen molar-refractivity contribution in [1.29, 1.82) is 0 Å². The Morgan fingerprint density at radius 2 is 2.17 bits per heavy atom. The van der Waals surface area contributed by atoms with Crippen LogP contribution in [-0.2, 0) is 16.1 Å². The maximum Gasteiger partial charge on any atom is 0.312 e. The molecule has 1 aromatic rings. The van der Waals surface area contributed by atoms with E-state index in [2.05, 4.69) is 47.8 Å². The summed E-state index contributed by atoms with van der Waals surface area (Å²) in [5.74, 6) is 0.0294. The van der Waals surface area contributed by atoms with Gasteiger partial charge < -0.3 is 10.1 Å². The predicted molar refractivity (Wildman–Crippen MR) is 93.6 cm³/mol. The van der Waals surface area contributed by atoms with Crippen LogP contribution >= 0.6 is 11.8 Å². The third-order valence-corrected chi connectivity index (χ3v) is 5.71. The molecule has 0 radical (unpaired) electrons. The van der Waals surface area contributed by atoms with Crippen LogP contribution in [0.15, 0.2) is 29.2 Å². The van der Waals surface area contributed by atoms with E-state index in [1.54, 1.807) is 11.8 Å². The molecule has 1 N–H and O–H groups in total. The first-order valence-electron chi connectivity index (χ1n) is 8.35. The number of esters is 1. The predicted octanol–water partition coefficient (Wildman–Crippen LogP) is 2.53. The molecule has 1 atom stereocenters. The number of rotatable bonds is 5. The van der Waals surface area contributed by atoms with Crippen molar-refractivity contribution in [2.24, 2.45) is 5.41 Å². The lowest BCUT2D eigenvalue weighted by molar-refractivity contribution is -0.150. The molecule has 0 aliphatic carbocycles. The Bertz CT molecular complexity index is 558. The standard InChI is InChI=1S/C18H26N2O2S/c1-20(12-14-4-3-5-16(10-14)23-2)13-15-11-18(17(21)22-15)6-8-19-9-7-18/h3-5,10,15,19H,6-9,11-13H2,1-2H3. The Morgan fingerprint density at radius 3 is 2.91 bits per heavy atom. The molecular formula is C18H26N2O2S. The van der Waals surface area contributed by atoms with Gasteiger partial charge in [0, 0.05) is 24.4 Å². The van der Waals surface area contributed by atoms with Gasteiger partial charge in [0.15, 0.2) is 0 Å². The van der Waals surface area contributed by atoms with Gasteiger partial charge in [-0.25, -0.2) is 0 Å². The number of nitrogens with one attached hydrogen (secondary N) is 1. The first kappa shape index (κ1) is 16.8. The lowest BCUT2D eigenvalue weighted by Gasteiger charge is -2.29. The summed E-state index contributed by atoms with van der Waals surface area (Å²) in [6.45, 7) is 3.56. The zero-order chi connectivity index (χ0) is 16.3.